The van der Waals surface area contributed by atoms with Crippen LogP contribution in [0.4, 0.5) is 5.95 Å². The molecule has 1 atom stereocenters. The van der Waals surface area contributed by atoms with Crippen LogP contribution in [0.15, 0.2) is 23.4 Å². The molecule has 0 radical (unpaired) electrons. The highest BCUT2D eigenvalue weighted by atomic mass is 32.2. The van der Waals surface area contributed by atoms with Gasteiger partial charge >= 0.3 is 10.1 Å². The van der Waals surface area contributed by atoms with Crippen LogP contribution >= 0.6 is 11.8 Å². The molecule has 0 amide bonds. The fourth-order valence-corrected chi connectivity index (χ4v) is 5.28. The van der Waals surface area contributed by atoms with E-state index in [0.717, 1.165) is 67.9 Å². The highest BCUT2D eigenvalue weighted by molar-refractivity contribution is 7.99. The summed E-state index contributed by atoms with van der Waals surface area (Å²) in [5, 5.41) is 8.84. The smallest absolute Gasteiger partial charge is 0.306 e. The standard InChI is InChI=1S/C20H31N5O3S2/c1-4-11-25(12-6-13-29-20-23-22-19(21)24(20)2)16-9-10-17-15(14-16)7-5-8-18(17)28-30(3,26)27/h5,7-8,16H,4,6,9-14H2,1-3H3,(H2,21,22). The lowest BCUT2D eigenvalue weighted by atomic mass is 9.86. The van der Waals surface area contributed by atoms with Crippen LogP contribution in [0.25, 0.3) is 0 Å². The number of fused-ring (bicyclic) bond motifs is 1. The summed E-state index contributed by atoms with van der Waals surface area (Å²) in [6.45, 7) is 4.29. The molecule has 30 heavy (non-hydrogen) atoms. The van der Waals surface area contributed by atoms with Crippen molar-refractivity contribution < 1.29 is 12.6 Å². The van der Waals surface area contributed by atoms with E-state index >= 15 is 0 Å². The summed E-state index contributed by atoms with van der Waals surface area (Å²) in [6, 6.07) is 6.19. The second-order valence-electron chi connectivity index (χ2n) is 7.72. The zero-order chi connectivity index (χ0) is 21.7. The van der Waals surface area contributed by atoms with Crippen molar-refractivity contribution in [2.24, 2.45) is 7.05 Å². The van der Waals surface area contributed by atoms with E-state index in [1.54, 1.807) is 17.8 Å². The summed E-state index contributed by atoms with van der Waals surface area (Å²) < 4.78 is 30.2. The Morgan fingerprint density at radius 1 is 1.33 bits per heavy atom. The number of aromatic nitrogens is 3. The number of hydrogen-bond donors (Lipinski definition) is 1. The number of thioether (sulfide) groups is 1. The van der Waals surface area contributed by atoms with Crippen LogP contribution in [0.1, 0.15) is 37.3 Å². The minimum absolute atomic E-state index is 0.435. The van der Waals surface area contributed by atoms with Crippen molar-refractivity contribution in [2.45, 2.75) is 50.2 Å². The summed E-state index contributed by atoms with van der Waals surface area (Å²) in [7, 11) is -1.64. The lowest BCUT2D eigenvalue weighted by Gasteiger charge is -2.35. The van der Waals surface area contributed by atoms with E-state index in [4.69, 9.17) is 9.92 Å². The van der Waals surface area contributed by atoms with Crippen LogP contribution < -0.4 is 9.92 Å². The van der Waals surface area contributed by atoms with E-state index in [0.29, 0.717) is 17.7 Å². The second-order valence-corrected chi connectivity index (χ2v) is 10.4. The third-order valence-electron chi connectivity index (χ3n) is 5.37. The Morgan fingerprint density at radius 3 is 2.80 bits per heavy atom. The summed E-state index contributed by atoms with van der Waals surface area (Å²) >= 11 is 1.68. The van der Waals surface area contributed by atoms with Gasteiger partial charge in [-0.2, -0.15) is 8.42 Å². The van der Waals surface area contributed by atoms with E-state index < -0.39 is 10.1 Å². The van der Waals surface area contributed by atoms with Crippen molar-refractivity contribution in [1.29, 1.82) is 0 Å². The first kappa shape index (κ1) is 22.9. The van der Waals surface area contributed by atoms with Gasteiger partial charge in [-0.05, 0) is 62.4 Å². The number of benzene rings is 1. The molecule has 1 aliphatic carbocycles. The van der Waals surface area contributed by atoms with Crippen LogP contribution in [-0.2, 0) is 30.0 Å². The normalized spacial score (nSPS) is 16.6. The summed E-state index contributed by atoms with van der Waals surface area (Å²) in [6.07, 6.45) is 6.01. The van der Waals surface area contributed by atoms with Gasteiger partial charge in [0.1, 0.15) is 5.75 Å². The maximum Gasteiger partial charge on any atom is 0.306 e. The quantitative estimate of drug-likeness (QED) is 0.332. The van der Waals surface area contributed by atoms with Gasteiger partial charge < -0.3 is 14.8 Å². The fourth-order valence-electron chi connectivity index (χ4n) is 3.95. The van der Waals surface area contributed by atoms with Gasteiger partial charge in [0, 0.05) is 18.8 Å². The lowest BCUT2D eigenvalue weighted by Crippen LogP contribution is -2.40. The Labute approximate surface area is 183 Å². The monoisotopic (exact) mass is 453 g/mol. The topological polar surface area (TPSA) is 103 Å². The molecule has 2 aromatic rings. The molecule has 1 unspecified atom stereocenters. The Morgan fingerprint density at radius 2 is 2.13 bits per heavy atom. The molecule has 1 heterocycles. The van der Waals surface area contributed by atoms with Crippen molar-refractivity contribution in [3.8, 4) is 5.75 Å². The van der Waals surface area contributed by atoms with Crippen molar-refractivity contribution in [2.75, 3.05) is 30.8 Å². The number of anilines is 1. The van der Waals surface area contributed by atoms with E-state index in [1.807, 2.05) is 17.7 Å². The highest BCUT2D eigenvalue weighted by Gasteiger charge is 2.26. The summed E-state index contributed by atoms with van der Waals surface area (Å²) in [4.78, 5) is 2.57. The van der Waals surface area contributed by atoms with Gasteiger partial charge in [-0.25, -0.2) is 0 Å². The molecule has 3 rings (SSSR count). The number of nitrogens with zero attached hydrogens (tertiary/aromatic N) is 4. The first-order valence-corrected chi connectivity index (χ1v) is 13.1. The zero-order valence-corrected chi connectivity index (χ0v) is 19.5. The highest BCUT2D eigenvalue weighted by Crippen LogP contribution is 2.32. The third kappa shape index (κ3) is 5.89. The molecule has 0 saturated carbocycles. The Kier molecular flexibility index (Phi) is 7.65. The van der Waals surface area contributed by atoms with Crippen LogP contribution in [0.3, 0.4) is 0 Å². The van der Waals surface area contributed by atoms with Crippen molar-refractivity contribution in [3.63, 3.8) is 0 Å². The van der Waals surface area contributed by atoms with Gasteiger partial charge in [0.25, 0.3) is 0 Å². The molecule has 0 fully saturated rings. The van der Waals surface area contributed by atoms with Gasteiger partial charge in [0.15, 0.2) is 5.16 Å². The van der Waals surface area contributed by atoms with Crippen LogP contribution in [0, 0.1) is 0 Å². The SMILES string of the molecule is CCCN(CCCSc1nnc(N)n1C)C1CCc2c(cccc2OS(C)(=O)=O)C1. The summed E-state index contributed by atoms with van der Waals surface area (Å²) in [5.74, 6) is 1.88. The number of rotatable bonds is 10. The van der Waals surface area contributed by atoms with E-state index in [1.165, 1.54) is 5.56 Å². The molecule has 1 aliphatic rings. The molecule has 0 saturated heterocycles. The van der Waals surface area contributed by atoms with Gasteiger partial charge in [0.2, 0.25) is 5.95 Å². The number of nitrogen functional groups attached to an aromatic ring is 1. The van der Waals surface area contributed by atoms with E-state index in [-0.39, 0.29) is 0 Å². The fraction of sp³-hybridized carbons (Fsp3) is 0.600. The van der Waals surface area contributed by atoms with E-state index in [9.17, 15) is 8.42 Å². The largest absolute Gasteiger partial charge is 0.382 e. The predicted molar refractivity (Wildman–Crippen MR) is 120 cm³/mol. The minimum Gasteiger partial charge on any atom is -0.382 e. The molecule has 0 spiro atoms. The van der Waals surface area contributed by atoms with E-state index in [2.05, 4.69) is 28.1 Å². The zero-order valence-electron chi connectivity index (χ0n) is 17.9. The number of nitrogens with two attached hydrogens (primary N) is 1. The third-order valence-corrected chi connectivity index (χ3v) is 6.96. The molecule has 1 aromatic heterocycles. The Balaban J connectivity index is 1.59. The van der Waals surface area contributed by atoms with Crippen molar-refractivity contribution in [3.05, 3.63) is 29.3 Å². The molecule has 1 aromatic carbocycles. The molecule has 0 aliphatic heterocycles. The minimum atomic E-state index is -3.52. The lowest BCUT2D eigenvalue weighted by molar-refractivity contribution is 0.180. The predicted octanol–water partition coefficient (Wildman–Crippen LogP) is 2.49. The first-order valence-electron chi connectivity index (χ1n) is 10.3. The van der Waals surface area contributed by atoms with Crippen molar-refractivity contribution >= 4 is 27.8 Å². The van der Waals surface area contributed by atoms with Crippen LogP contribution in [0.2, 0.25) is 0 Å². The van der Waals surface area contributed by atoms with Crippen molar-refractivity contribution in [1.82, 2.24) is 19.7 Å². The molecular weight excluding hydrogens is 422 g/mol. The maximum absolute atomic E-state index is 11.6. The molecule has 2 N–H and O–H groups in total. The summed E-state index contributed by atoms with van der Waals surface area (Å²) in [5.41, 5.74) is 7.96. The molecule has 10 heteroatoms. The Bertz CT molecular complexity index is 961. The molecular formula is C20H31N5O3S2. The van der Waals surface area contributed by atoms with Crippen LogP contribution in [-0.4, -0.2) is 59.2 Å². The second kappa shape index (κ2) is 10.0. The maximum atomic E-state index is 11.6. The average molecular weight is 454 g/mol. The van der Waals surface area contributed by atoms with Gasteiger partial charge in [-0.1, -0.05) is 30.8 Å². The first-order chi connectivity index (χ1) is 14.3. The molecule has 8 nitrogen and oxygen atoms in total. The molecule has 166 valence electrons. The molecule has 0 bridgehead atoms. The van der Waals surface area contributed by atoms with Gasteiger partial charge in [-0.3, -0.25) is 4.57 Å². The van der Waals surface area contributed by atoms with Gasteiger partial charge in [0.05, 0.1) is 6.26 Å². The van der Waals surface area contributed by atoms with Gasteiger partial charge in [-0.15, -0.1) is 10.2 Å². The Hall–Kier alpha value is -1.78. The number of hydrogen-bond acceptors (Lipinski definition) is 8. The average Bonchev–Trinajstić information content (AvgIpc) is 3.01. The van der Waals surface area contributed by atoms with Crippen LogP contribution in [0.5, 0.6) is 5.75 Å².